The molecule has 0 radical (unpaired) electrons. The van der Waals surface area contributed by atoms with Gasteiger partial charge in [-0.25, -0.2) is 24.5 Å². The number of aromatic amines is 2. The number of imidazole rings is 2. The highest BCUT2D eigenvalue weighted by atomic mass is 16.5. The van der Waals surface area contributed by atoms with E-state index >= 15 is 0 Å². The van der Waals surface area contributed by atoms with Crippen LogP contribution in [0.4, 0.5) is 9.59 Å². The van der Waals surface area contributed by atoms with Crippen molar-refractivity contribution in [2.24, 2.45) is 11.8 Å². The Morgan fingerprint density at radius 2 is 1.23 bits per heavy atom. The van der Waals surface area contributed by atoms with Gasteiger partial charge in [0, 0.05) is 29.6 Å². The maximum atomic E-state index is 14.0. The average Bonchev–Trinajstić information content (AvgIpc) is 4.12. The number of fused-ring (bicyclic) bond motifs is 2. The lowest BCUT2D eigenvalue weighted by molar-refractivity contribution is -0.136. The van der Waals surface area contributed by atoms with Crippen LogP contribution in [-0.2, 0) is 19.1 Å². The molecule has 4 aliphatic rings. The number of carbonyl (C=O) groups excluding carboxylic acids is 4. The molecule has 15 nitrogen and oxygen atoms in total. The number of hydrogen-bond acceptors (Lipinski definition) is 9. The Hall–Kier alpha value is -5.99. The first kappa shape index (κ1) is 39.5. The highest BCUT2D eigenvalue weighted by molar-refractivity contribution is 5.89. The number of rotatable bonds is 10. The van der Waals surface area contributed by atoms with Crippen LogP contribution in [0, 0.1) is 11.8 Å². The lowest BCUT2D eigenvalue weighted by Gasteiger charge is -2.31. The first-order chi connectivity index (χ1) is 29.3. The molecule has 4 N–H and O–H groups in total. The van der Waals surface area contributed by atoms with E-state index in [0.717, 1.165) is 133 Å². The molecule has 0 spiro atoms. The first-order valence-corrected chi connectivity index (χ1v) is 21.5. The van der Waals surface area contributed by atoms with Crippen molar-refractivity contribution in [2.45, 2.75) is 101 Å². The minimum atomic E-state index is -0.609. The van der Waals surface area contributed by atoms with Gasteiger partial charge >= 0.3 is 12.2 Å². The number of nitrogens with one attached hydrogen (secondary N) is 4. The summed E-state index contributed by atoms with van der Waals surface area (Å²) in [6, 6.07) is 14.7. The summed E-state index contributed by atoms with van der Waals surface area (Å²) in [5, 5.41) is 6.67. The maximum Gasteiger partial charge on any atom is 0.407 e. The van der Waals surface area contributed by atoms with Crippen molar-refractivity contribution in [2.75, 3.05) is 27.3 Å². The fraction of sp³-hybridized carbons (Fsp3) is 0.489. The molecule has 4 unspecified atom stereocenters. The van der Waals surface area contributed by atoms with Crippen LogP contribution < -0.4 is 10.6 Å². The molecular formula is C45H53N9O6. The van der Waals surface area contributed by atoms with Crippen molar-refractivity contribution >= 4 is 45.9 Å². The Balaban J connectivity index is 0.903. The first-order valence-electron chi connectivity index (χ1n) is 21.5. The van der Waals surface area contributed by atoms with E-state index in [9.17, 15) is 19.2 Å². The average molecular weight is 816 g/mol. The maximum absolute atomic E-state index is 14.0. The third-order valence-corrected chi connectivity index (χ3v) is 13.3. The summed E-state index contributed by atoms with van der Waals surface area (Å²) in [6.45, 7) is 1.23. The molecule has 0 bridgehead atoms. The molecule has 2 saturated carbocycles. The van der Waals surface area contributed by atoms with Gasteiger partial charge in [-0.15, -0.1) is 0 Å². The Kier molecular flexibility index (Phi) is 11.1. The van der Waals surface area contributed by atoms with E-state index in [4.69, 9.17) is 24.4 Å². The van der Waals surface area contributed by atoms with E-state index in [1.54, 1.807) is 0 Å². The van der Waals surface area contributed by atoms with Crippen molar-refractivity contribution in [1.82, 2.24) is 45.4 Å². The molecule has 4 amide bonds. The predicted molar refractivity (Wildman–Crippen MR) is 224 cm³/mol. The number of amides is 4. The molecule has 15 heteroatoms. The fourth-order valence-corrected chi connectivity index (χ4v) is 10.2. The third-order valence-electron chi connectivity index (χ3n) is 13.3. The molecular weight excluding hydrogens is 763 g/mol. The van der Waals surface area contributed by atoms with Crippen molar-refractivity contribution in [3.63, 3.8) is 0 Å². The minimum Gasteiger partial charge on any atom is -0.453 e. The van der Waals surface area contributed by atoms with Crippen molar-refractivity contribution in [3.05, 3.63) is 66.4 Å². The summed E-state index contributed by atoms with van der Waals surface area (Å²) >= 11 is 0. The van der Waals surface area contributed by atoms with E-state index in [2.05, 4.69) is 38.8 Å². The van der Waals surface area contributed by atoms with Crippen LogP contribution in [0.1, 0.15) is 101 Å². The van der Waals surface area contributed by atoms with E-state index < -0.39 is 24.3 Å². The summed E-state index contributed by atoms with van der Waals surface area (Å²) in [5.41, 5.74) is 6.11. The molecule has 9 rings (SSSR count). The standard InChI is InChI=1S/C45H53N9O6/c1-59-44(57)51-38(26-9-3-4-10-26)42(55)53-21-7-13-36(53)40-46-25-35(50-40)29-16-19-31-28(23-29)15-18-32(47-31)30-17-20-33-34(24-30)49-41(48-33)37-14-8-22-54(37)43(56)39(52-45(58)60-2)27-11-5-6-12-27/h15-20,23-27,36-39H,3-14,21-22H2,1-2H3,(H,46,50)(H,48,49)(H,51,57)(H,52,58). The lowest BCUT2D eigenvalue weighted by Crippen LogP contribution is -2.51. The summed E-state index contributed by atoms with van der Waals surface area (Å²) in [4.78, 5) is 77.9. The van der Waals surface area contributed by atoms with Gasteiger partial charge in [-0.3, -0.25) is 9.59 Å². The number of pyridine rings is 1. The monoisotopic (exact) mass is 815 g/mol. The summed E-state index contributed by atoms with van der Waals surface area (Å²) < 4.78 is 9.76. The highest BCUT2D eigenvalue weighted by Gasteiger charge is 2.42. The fourth-order valence-electron chi connectivity index (χ4n) is 10.2. The summed E-state index contributed by atoms with van der Waals surface area (Å²) in [6.07, 6.45) is 11.8. The van der Waals surface area contributed by atoms with E-state index in [1.165, 1.54) is 14.2 Å². The van der Waals surface area contributed by atoms with Crippen molar-refractivity contribution in [3.8, 4) is 22.5 Å². The van der Waals surface area contributed by atoms with Gasteiger partial charge in [-0.1, -0.05) is 43.9 Å². The number of hydrogen-bond donors (Lipinski definition) is 4. The highest BCUT2D eigenvalue weighted by Crippen LogP contribution is 2.38. The molecule has 4 fully saturated rings. The van der Waals surface area contributed by atoms with Crippen LogP contribution >= 0.6 is 0 Å². The predicted octanol–water partition coefficient (Wildman–Crippen LogP) is 7.32. The number of carbonyl (C=O) groups is 4. The second-order valence-corrected chi connectivity index (χ2v) is 16.8. The number of H-pyrrole nitrogens is 2. The van der Waals surface area contributed by atoms with Gasteiger partial charge in [-0.2, -0.15) is 0 Å². The Labute approximate surface area is 348 Å². The van der Waals surface area contributed by atoms with Gasteiger partial charge in [0.1, 0.15) is 23.7 Å². The number of benzene rings is 2. The zero-order chi connectivity index (χ0) is 41.3. The van der Waals surface area contributed by atoms with Gasteiger partial charge in [-0.05, 0) is 93.5 Å². The Morgan fingerprint density at radius 1 is 0.650 bits per heavy atom. The molecule has 5 aromatic rings. The quantitative estimate of drug-likeness (QED) is 0.112. The summed E-state index contributed by atoms with van der Waals surface area (Å²) in [7, 11) is 2.65. The van der Waals surface area contributed by atoms with Crippen LogP contribution in [0.15, 0.2) is 54.7 Å². The van der Waals surface area contributed by atoms with Crippen LogP contribution in [0.2, 0.25) is 0 Å². The lowest BCUT2D eigenvalue weighted by atomic mass is 9.96. The molecule has 2 aliphatic heterocycles. The number of aromatic nitrogens is 5. The minimum absolute atomic E-state index is 0.0706. The number of nitrogens with zero attached hydrogens (tertiary/aromatic N) is 5. The van der Waals surface area contributed by atoms with E-state index in [0.29, 0.717) is 13.1 Å². The number of alkyl carbamates (subject to hydrolysis) is 2. The zero-order valence-electron chi connectivity index (χ0n) is 34.2. The Morgan fingerprint density at radius 3 is 1.85 bits per heavy atom. The SMILES string of the molecule is COC(=O)NC(C(=O)N1CCCC1c1ncc(-c2ccc3nc(-c4ccc5nc(C6CCCN6C(=O)C(NC(=O)OC)C6CCCC6)[nH]c5c4)ccc3c2)[nH]1)C1CCCC1. The topological polar surface area (TPSA) is 188 Å². The van der Waals surface area contributed by atoms with Gasteiger partial charge in [0.25, 0.3) is 0 Å². The van der Waals surface area contributed by atoms with Gasteiger partial charge in [0.15, 0.2) is 0 Å². The van der Waals surface area contributed by atoms with Gasteiger partial charge in [0.2, 0.25) is 11.8 Å². The number of methoxy groups -OCH3 is 2. The zero-order valence-corrected chi connectivity index (χ0v) is 34.2. The van der Waals surface area contributed by atoms with E-state index in [-0.39, 0.29) is 35.7 Å². The van der Waals surface area contributed by atoms with Crippen molar-refractivity contribution < 1.29 is 28.7 Å². The number of ether oxygens (including phenoxy) is 2. The molecule has 60 heavy (non-hydrogen) atoms. The van der Waals surface area contributed by atoms with Gasteiger partial charge in [0.05, 0.1) is 60.4 Å². The van der Waals surface area contributed by atoms with Crippen molar-refractivity contribution in [1.29, 1.82) is 0 Å². The number of likely N-dealkylation sites (tertiary alicyclic amines) is 2. The van der Waals surface area contributed by atoms with Crippen LogP contribution in [-0.4, -0.2) is 98.1 Å². The Bertz CT molecular complexity index is 2400. The smallest absolute Gasteiger partial charge is 0.407 e. The largest absolute Gasteiger partial charge is 0.453 e. The molecule has 2 aromatic carbocycles. The molecule has 2 aliphatic carbocycles. The van der Waals surface area contributed by atoms with E-state index in [1.807, 2.05) is 46.3 Å². The third kappa shape index (κ3) is 7.77. The molecule has 2 saturated heterocycles. The van der Waals surface area contributed by atoms with Crippen LogP contribution in [0.3, 0.4) is 0 Å². The van der Waals surface area contributed by atoms with Gasteiger partial charge < -0.3 is 39.9 Å². The second-order valence-electron chi connectivity index (χ2n) is 16.8. The normalized spacial score (nSPS) is 20.8. The van der Waals surface area contributed by atoms with Crippen LogP contribution in [0.25, 0.3) is 44.5 Å². The molecule has 3 aromatic heterocycles. The molecule has 5 heterocycles. The molecule has 314 valence electrons. The molecule has 4 atom stereocenters. The second kappa shape index (κ2) is 16.9. The van der Waals surface area contributed by atoms with Crippen LogP contribution in [0.5, 0.6) is 0 Å². The summed E-state index contributed by atoms with van der Waals surface area (Å²) in [5.74, 6) is 1.54.